The Bertz CT molecular complexity index is 622. The van der Waals surface area contributed by atoms with Gasteiger partial charge >= 0.3 is 0 Å². The Kier molecular flexibility index (Phi) is 4.61. The van der Waals surface area contributed by atoms with Gasteiger partial charge < -0.3 is 10.4 Å². The van der Waals surface area contributed by atoms with Crippen molar-refractivity contribution in [3.8, 4) is 0 Å². The second kappa shape index (κ2) is 5.95. The normalized spacial score (nSPS) is 18.1. The van der Waals surface area contributed by atoms with Crippen LogP contribution in [0, 0.1) is 0 Å². The van der Waals surface area contributed by atoms with Crippen molar-refractivity contribution in [3.63, 3.8) is 0 Å². The molecule has 1 aromatic heterocycles. The molecule has 0 saturated heterocycles. The van der Waals surface area contributed by atoms with Crippen molar-refractivity contribution in [2.75, 3.05) is 18.9 Å². The van der Waals surface area contributed by atoms with Crippen LogP contribution in [-0.2, 0) is 14.8 Å². The number of amides is 1. The highest BCUT2D eigenvalue weighted by atomic mass is 32.2. The van der Waals surface area contributed by atoms with Crippen molar-refractivity contribution >= 4 is 32.4 Å². The minimum Gasteiger partial charge on any atom is -0.389 e. The first-order valence-corrected chi connectivity index (χ1v) is 8.78. The van der Waals surface area contributed by atoms with Crippen LogP contribution in [0.25, 0.3) is 0 Å². The minimum atomic E-state index is -3.81. The molecule has 2 N–H and O–H groups in total. The van der Waals surface area contributed by atoms with Gasteiger partial charge in [0.2, 0.25) is 15.4 Å². The lowest BCUT2D eigenvalue weighted by Gasteiger charge is -2.27. The van der Waals surface area contributed by atoms with Crippen LogP contribution in [0.15, 0.2) is 4.34 Å². The summed E-state index contributed by atoms with van der Waals surface area (Å²) >= 11 is 0.788. The van der Waals surface area contributed by atoms with Crippen molar-refractivity contribution in [2.24, 2.45) is 0 Å². The summed E-state index contributed by atoms with van der Waals surface area (Å²) < 4.78 is 25.6. The third kappa shape index (κ3) is 3.76. The van der Waals surface area contributed by atoms with E-state index in [0.29, 0.717) is 12.8 Å². The van der Waals surface area contributed by atoms with Gasteiger partial charge in [-0.15, -0.1) is 10.2 Å². The summed E-state index contributed by atoms with van der Waals surface area (Å²) in [6, 6.07) is 0. The molecule has 1 aromatic rings. The van der Waals surface area contributed by atoms with E-state index in [4.69, 9.17) is 0 Å². The van der Waals surface area contributed by atoms with Crippen molar-refractivity contribution in [2.45, 2.75) is 42.5 Å². The largest absolute Gasteiger partial charge is 0.389 e. The molecule has 1 amide bonds. The average molecular weight is 334 g/mol. The van der Waals surface area contributed by atoms with Gasteiger partial charge in [0.05, 0.1) is 5.60 Å². The van der Waals surface area contributed by atoms with E-state index in [9.17, 15) is 18.3 Å². The standard InChI is InChI=1S/C11H18N4O4S2/c1-8(16)12-9-13-14-10(20-9)21(18,19)15(2)7-11(17)5-3-4-6-11/h17H,3-7H2,1-2H3,(H,12,13,16). The molecule has 21 heavy (non-hydrogen) atoms. The molecule has 0 radical (unpaired) electrons. The van der Waals surface area contributed by atoms with E-state index in [-0.39, 0.29) is 21.9 Å². The number of hydrogen-bond acceptors (Lipinski definition) is 7. The van der Waals surface area contributed by atoms with Gasteiger partial charge in [-0.2, -0.15) is 4.31 Å². The number of nitrogens with zero attached hydrogens (tertiary/aromatic N) is 3. The fourth-order valence-corrected chi connectivity index (χ4v) is 4.72. The van der Waals surface area contributed by atoms with E-state index in [2.05, 4.69) is 15.5 Å². The lowest BCUT2D eigenvalue weighted by atomic mass is 10.0. The van der Waals surface area contributed by atoms with Crippen LogP contribution in [0.4, 0.5) is 5.13 Å². The molecule has 0 aromatic carbocycles. The average Bonchev–Trinajstić information content (AvgIpc) is 2.98. The molecule has 1 fully saturated rings. The summed E-state index contributed by atoms with van der Waals surface area (Å²) in [6.45, 7) is 1.34. The molecule has 10 heteroatoms. The van der Waals surface area contributed by atoms with E-state index < -0.39 is 15.6 Å². The third-order valence-corrected chi connectivity index (χ3v) is 6.36. The molecule has 0 spiro atoms. The van der Waals surface area contributed by atoms with Gasteiger partial charge in [-0.3, -0.25) is 4.79 Å². The number of aromatic nitrogens is 2. The number of sulfonamides is 1. The van der Waals surface area contributed by atoms with Crippen molar-refractivity contribution in [1.29, 1.82) is 0 Å². The first-order valence-electron chi connectivity index (χ1n) is 6.53. The highest BCUT2D eigenvalue weighted by Gasteiger charge is 2.37. The van der Waals surface area contributed by atoms with Gasteiger partial charge in [-0.25, -0.2) is 8.42 Å². The Morgan fingerprint density at radius 2 is 2.05 bits per heavy atom. The molecule has 1 saturated carbocycles. The number of likely N-dealkylation sites (N-methyl/N-ethyl adjacent to an activating group) is 1. The number of aliphatic hydroxyl groups is 1. The molecule has 2 rings (SSSR count). The van der Waals surface area contributed by atoms with Crippen LogP contribution in [0.5, 0.6) is 0 Å². The van der Waals surface area contributed by atoms with Crippen LogP contribution >= 0.6 is 11.3 Å². The van der Waals surface area contributed by atoms with Gasteiger partial charge in [-0.1, -0.05) is 24.2 Å². The number of carbonyl (C=O) groups is 1. The maximum atomic E-state index is 12.4. The van der Waals surface area contributed by atoms with E-state index in [0.717, 1.165) is 28.5 Å². The van der Waals surface area contributed by atoms with Gasteiger partial charge in [0.25, 0.3) is 10.0 Å². The molecule has 0 aliphatic heterocycles. The molecule has 8 nitrogen and oxygen atoms in total. The van der Waals surface area contributed by atoms with Crippen LogP contribution in [0.3, 0.4) is 0 Å². The second-order valence-electron chi connectivity index (χ2n) is 5.25. The van der Waals surface area contributed by atoms with E-state index in [1.54, 1.807) is 0 Å². The Labute approximate surface area is 127 Å². The maximum Gasteiger partial charge on any atom is 0.272 e. The lowest BCUT2D eigenvalue weighted by Crippen LogP contribution is -2.41. The van der Waals surface area contributed by atoms with E-state index in [1.165, 1.54) is 14.0 Å². The SMILES string of the molecule is CC(=O)Nc1nnc(S(=O)(=O)N(C)CC2(O)CCCC2)s1. The van der Waals surface area contributed by atoms with Crippen molar-refractivity contribution < 1.29 is 18.3 Å². The molecule has 1 aliphatic rings. The van der Waals surface area contributed by atoms with E-state index in [1.807, 2.05) is 0 Å². The fourth-order valence-electron chi connectivity index (χ4n) is 2.34. The Hall–Kier alpha value is -1.10. The Morgan fingerprint density at radius 3 is 2.62 bits per heavy atom. The second-order valence-corrected chi connectivity index (χ2v) is 8.44. The first kappa shape index (κ1) is 16.3. The smallest absolute Gasteiger partial charge is 0.272 e. The summed E-state index contributed by atoms with van der Waals surface area (Å²) in [5.41, 5.74) is -0.965. The number of carbonyl (C=O) groups excluding carboxylic acids is 1. The van der Waals surface area contributed by atoms with Gasteiger partial charge in [0, 0.05) is 20.5 Å². The highest BCUT2D eigenvalue weighted by molar-refractivity contribution is 7.91. The lowest BCUT2D eigenvalue weighted by molar-refractivity contribution is -0.114. The van der Waals surface area contributed by atoms with Crippen LogP contribution in [-0.4, -0.2) is 53.1 Å². The van der Waals surface area contributed by atoms with Crippen LogP contribution in [0.1, 0.15) is 32.6 Å². The number of anilines is 1. The molecule has 0 bridgehead atoms. The summed E-state index contributed by atoms with van der Waals surface area (Å²) in [6.07, 6.45) is 2.99. The summed E-state index contributed by atoms with van der Waals surface area (Å²) in [4.78, 5) is 10.9. The molecule has 1 heterocycles. The molecular weight excluding hydrogens is 316 g/mol. The van der Waals surface area contributed by atoms with Crippen molar-refractivity contribution in [1.82, 2.24) is 14.5 Å². The minimum absolute atomic E-state index is 0.0321. The molecular formula is C11H18N4O4S2. The summed E-state index contributed by atoms with van der Waals surface area (Å²) in [5.74, 6) is -0.344. The van der Waals surface area contributed by atoms with Gasteiger partial charge in [0.15, 0.2) is 0 Å². The number of nitrogens with one attached hydrogen (secondary N) is 1. The highest BCUT2D eigenvalue weighted by Crippen LogP contribution is 2.31. The Balaban J connectivity index is 2.13. The number of hydrogen-bond donors (Lipinski definition) is 2. The fraction of sp³-hybridized carbons (Fsp3) is 0.727. The predicted octanol–water partition coefficient (Wildman–Crippen LogP) is 0.422. The first-order chi connectivity index (χ1) is 9.73. The van der Waals surface area contributed by atoms with E-state index >= 15 is 0 Å². The molecule has 1 aliphatic carbocycles. The topological polar surface area (TPSA) is 112 Å². The zero-order chi connectivity index (χ0) is 15.7. The molecule has 0 unspecified atom stereocenters. The zero-order valence-electron chi connectivity index (χ0n) is 11.9. The number of rotatable bonds is 5. The quantitative estimate of drug-likeness (QED) is 0.755. The molecule has 118 valence electrons. The third-order valence-electron chi connectivity index (χ3n) is 3.37. The van der Waals surface area contributed by atoms with Crippen molar-refractivity contribution in [3.05, 3.63) is 0 Å². The van der Waals surface area contributed by atoms with Crippen LogP contribution in [0.2, 0.25) is 0 Å². The van der Waals surface area contributed by atoms with Gasteiger partial charge in [-0.05, 0) is 12.8 Å². The molecule has 0 atom stereocenters. The maximum absolute atomic E-state index is 12.4. The summed E-state index contributed by atoms with van der Waals surface area (Å²) in [5, 5.41) is 20.0. The predicted molar refractivity (Wildman–Crippen MR) is 77.4 cm³/mol. The monoisotopic (exact) mass is 334 g/mol. The zero-order valence-corrected chi connectivity index (χ0v) is 13.5. The van der Waals surface area contributed by atoms with Crippen LogP contribution < -0.4 is 5.32 Å². The van der Waals surface area contributed by atoms with Gasteiger partial charge in [0.1, 0.15) is 0 Å². The summed E-state index contributed by atoms with van der Waals surface area (Å²) in [7, 11) is -2.40. The Morgan fingerprint density at radius 1 is 1.43 bits per heavy atom.